The Kier molecular flexibility index (Phi) is 4.11. The van der Waals surface area contributed by atoms with Crippen LogP contribution in [0.4, 0.5) is 8.78 Å². The van der Waals surface area contributed by atoms with Gasteiger partial charge >= 0.3 is 0 Å². The number of nitrogens with one attached hydrogen (secondary N) is 1. The molecule has 2 rings (SSSR count). The SMILES string of the molecule is Cc1nn(C)c(C)c1CNS(=O)(=O)c1cc(F)ccc1F. The van der Waals surface area contributed by atoms with Crippen LogP contribution in [0.25, 0.3) is 0 Å². The molecule has 0 aliphatic carbocycles. The van der Waals surface area contributed by atoms with Gasteiger partial charge in [-0.15, -0.1) is 0 Å². The minimum absolute atomic E-state index is 0.0379. The van der Waals surface area contributed by atoms with Gasteiger partial charge in [-0.05, 0) is 32.0 Å². The standard InChI is InChI=1S/C13H15F2N3O2S/c1-8-11(9(2)18(3)17-8)7-16-21(19,20)13-6-10(14)4-5-12(13)15/h4-6,16H,7H2,1-3H3. The van der Waals surface area contributed by atoms with Crippen LogP contribution in [0.1, 0.15) is 17.0 Å². The molecule has 5 nitrogen and oxygen atoms in total. The third-order valence-electron chi connectivity index (χ3n) is 3.28. The number of aryl methyl sites for hydroxylation is 2. The monoisotopic (exact) mass is 315 g/mol. The molecule has 21 heavy (non-hydrogen) atoms. The number of nitrogens with zero attached hydrogens (tertiary/aromatic N) is 2. The smallest absolute Gasteiger partial charge is 0.243 e. The van der Waals surface area contributed by atoms with E-state index in [0.29, 0.717) is 17.3 Å². The van der Waals surface area contributed by atoms with E-state index in [1.54, 1.807) is 25.6 Å². The summed E-state index contributed by atoms with van der Waals surface area (Å²) in [6, 6.07) is 2.30. The van der Waals surface area contributed by atoms with Crippen LogP contribution in [-0.2, 0) is 23.6 Å². The molecule has 8 heteroatoms. The Morgan fingerprint density at radius 3 is 2.52 bits per heavy atom. The molecule has 114 valence electrons. The van der Waals surface area contributed by atoms with E-state index in [4.69, 9.17) is 0 Å². The predicted octanol–water partition coefficient (Wildman–Crippen LogP) is 1.79. The van der Waals surface area contributed by atoms with E-state index in [2.05, 4.69) is 9.82 Å². The molecule has 0 aliphatic heterocycles. The average molecular weight is 315 g/mol. The maximum absolute atomic E-state index is 13.6. The molecule has 0 saturated carbocycles. The van der Waals surface area contributed by atoms with Crippen molar-refractivity contribution in [2.75, 3.05) is 0 Å². The molecular formula is C13H15F2N3O2S. The minimum atomic E-state index is -4.14. The Morgan fingerprint density at radius 1 is 1.29 bits per heavy atom. The summed E-state index contributed by atoms with van der Waals surface area (Å²) in [5.41, 5.74) is 2.19. The van der Waals surface area contributed by atoms with Gasteiger partial charge in [-0.3, -0.25) is 4.68 Å². The van der Waals surface area contributed by atoms with Crippen LogP contribution < -0.4 is 4.72 Å². The number of hydrogen-bond acceptors (Lipinski definition) is 3. The van der Waals surface area contributed by atoms with Gasteiger partial charge in [0.05, 0.1) is 5.69 Å². The van der Waals surface area contributed by atoms with Gasteiger partial charge in [-0.1, -0.05) is 0 Å². The molecular weight excluding hydrogens is 300 g/mol. The Hall–Kier alpha value is -1.80. The lowest BCUT2D eigenvalue weighted by Gasteiger charge is -2.08. The summed E-state index contributed by atoms with van der Waals surface area (Å²) < 4.78 is 54.7. The van der Waals surface area contributed by atoms with Crippen LogP contribution in [0, 0.1) is 25.5 Å². The highest BCUT2D eigenvalue weighted by Gasteiger charge is 2.21. The summed E-state index contributed by atoms with van der Waals surface area (Å²) in [5, 5.41) is 4.16. The van der Waals surface area contributed by atoms with E-state index in [1.165, 1.54) is 0 Å². The van der Waals surface area contributed by atoms with Gasteiger partial charge in [0.15, 0.2) is 0 Å². The fourth-order valence-corrected chi connectivity index (χ4v) is 3.08. The van der Waals surface area contributed by atoms with Crippen molar-refractivity contribution in [1.82, 2.24) is 14.5 Å². The van der Waals surface area contributed by atoms with E-state index in [1.807, 2.05) is 0 Å². The molecule has 0 radical (unpaired) electrons. The first-order chi connectivity index (χ1) is 9.72. The van der Waals surface area contributed by atoms with Crippen molar-refractivity contribution in [1.29, 1.82) is 0 Å². The van der Waals surface area contributed by atoms with Gasteiger partial charge in [0.2, 0.25) is 10.0 Å². The number of hydrogen-bond donors (Lipinski definition) is 1. The van der Waals surface area contributed by atoms with Crippen molar-refractivity contribution in [2.24, 2.45) is 7.05 Å². The molecule has 0 aliphatic rings. The van der Waals surface area contributed by atoms with Crippen LogP contribution >= 0.6 is 0 Å². The van der Waals surface area contributed by atoms with Crippen molar-refractivity contribution < 1.29 is 17.2 Å². The van der Waals surface area contributed by atoms with E-state index < -0.39 is 26.6 Å². The first kappa shape index (κ1) is 15.6. The zero-order chi connectivity index (χ0) is 15.8. The highest BCUT2D eigenvalue weighted by atomic mass is 32.2. The molecule has 0 atom stereocenters. The molecule has 2 aromatic rings. The number of benzene rings is 1. The summed E-state index contributed by atoms with van der Waals surface area (Å²) in [7, 11) is -2.40. The lowest BCUT2D eigenvalue weighted by Crippen LogP contribution is -2.25. The van der Waals surface area contributed by atoms with E-state index >= 15 is 0 Å². The van der Waals surface area contributed by atoms with Gasteiger partial charge < -0.3 is 0 Å². The zero-order valence-electron chi connectivity index (χ0n) is 11.8. The predicted molar refractivity (Wildman–Crippen MR) is 73.1 cm³/mol. The fourth-order valence-electron chi connectivity index (χ4n) is 2.00. The van der Waals surface area contributed by atoms with Gasteiger partial charge in [0, 0.05) is 24.8 Å². The second-order valence-corrected chi connectivity index (χ2v) is 6.41. The van der Waals surface area contributed by atoms with E-state index in [0.717, 1.165) is 17.8 Å². The second-order valence-electron chi connectivity index (χ2n) is 4.67. The molecule has 0 saturated heterocycles. The van der Waals surface area contributed by atoms with Crippen LogP contribution in [0.3, 0.4) is 0 Å². The zero-order valence-corrected chi connectivity index (χ0v) is 12.6. The molecule has 1 aromatic heterocycles. The summed E-state index contributed by atoms with van der Waals surface area (Å²) in [6.45, 7) is 3.51. The number of halogens is 2. The molecule has 0 amide bonds. The van der Waals surface area contributed by atoms with Crippen LogP contribution in [0.2, 0.25) is 0 Å². The second kappa shape index (κ2) is 5.53. The maximum atomic E-state index is 13.6. The summed E-state index contributed by atoms with van der Waals surface area (Å²) in [5.74, 6) is -1.81. The molecule has 0 bridgehead atoms. The van der Waals surface area contributed by atoms with Crippen LogP contribution in [-0.4, -0.2) is 18.2 Å². The lowest BCUT2D eigenvalue weighted by atomic mass is 10.2. The summed E-state index contributed by atoms with van der Waals surface area (Å²) in [6.07, 6.45) is 0. The van der Waals surface area contributed by atoms with Crippen LogP contribution in [0.5, 0.6) is 0 Å². The Bertz CT molecular complexity index is 785. The highest BCUT2D eigenvalue weighted by Crippen LogP contribution is 2.17. The number of rotatable bonds is 4. The molecule has 1 aromatic carbocycles. The minimum Gasteiger partial charge on any atom is -0.272 e. The first-order valence-corrected chi connectivity index (χ1v) is 7.64. The van der Waals surface area contributed by atoms with Crippen molar-refractivity contribution in [3.8, 4) is 0 Å². The van der Waals surface area contributed by atoms with E-state index in [-0.39, 0.29) is 6.54 Å². The maximum Gasteiger partial charge on any atom is 0.243 e. The van der Waals surface area contributed by atoms with Crippen molar-refractivity contribution in [2.45, 2.75) is 25.3 Å². The lowest BCUT2D eigenvalue weighted by molar-refractivity contribution is 0.545. The Morgan fingerprint density at radius 2 is 1.95 bits per heavy atom. The Balaban J connectivity index is 2.28. The topological polar surface area (TPSA) is 64.0 Å². The Labute approximate surface area is 121 Å². The summed E-state index contributed by atoms with van der Waals surface area (Å²) in [4.78, 5) is -0.707. The largest absolute Gasteiger partial charge is 0.272 e. The van der Waals surface area contributed by atoms with Crippen molar-refractivity contribution in [3.63, 3.8) is 0 Å². The first-order valence-electron chi connectivity index (χ1n) is 6.16. The quantitative estimate of drug-likeness (QED) is 0.935. The third kappa shape index (κ3) is 3.11. The van der Waals surface area contributed by atoms with Gasteiger partial charge in [-0.2, -0.15) is 5.10 Å². The normalized spacial score (nSPS) is 11.9. The van der Waals surface area contributed by atoms with Gasteiger partial charge in [0.1, 0.15) is 16.5 Å². The van der Waals surface area contributed by atoms with Crippen molar-refractivity contribution in [3.05, 3.63) is 46.8 Å². The van der Waals surface area contributed by atoms with Crippen LogP contribution in [0.15, 0.2) is 23.1 Å². The number of sulfonamides is 1. The fraction of sp³-hybridized carbons (Fsp3) is 0.308. The molecule has 0 fully saturated rings. The summed E-state index contributed by atoms with van der Waals surface area (Å²) >= 11 is 0. The van der Waals surface area contributed by atoms with E-state index in [9.17, 15) is 17.2 Å². The molecule has 1 N–H and O–H groups in total. The number of aromatic nitrogens is 2. The molecule has 1 heterocycles. The highest BCUT2D eigenvalue weighted by molar-refractivity contribution is 7.89. The van der Waals surface area contributed by atoms with Crippen molar-refractivity contribution >= 4 is 10.0 Å². The average Bonchev–Trinajstić information content (AvgIpc) is 2.64. The van der Waals surface area contributed by atoms with Gasteiger partial charge in [0.25, 0.3) is 0 Å². The van der Waals surface area contributed by atoms with Gasteiger partial charge in [-0.25, -0.2) is 21.9 Å². The third-order valence-corrected chi connectivity index (χ3v) is 4.70. The molecule has 0 spiro atoms. The molecule has 0 unspecified atom stereocenters.